The van der Waals surface area contributed by atoms with Gasteiger partial charge in [-0.25, -0.2) is 10.8 Å². The van der Waals surface area contributed by atoms with Crippen LogP contribution >= 0.6 is 11.3 Å². The molecule has 108 valence electrons. The van der Waals surface area contributed by atoms with Crippen LogP contribution < -0.4 is 16.2 Å². The number of nitrogen functional groups attached to an aromatic ring is 1. The fourth-order valence-corrected chi connectivity index (χ4v) is 3.61. The first-order valence-corrected chi connectivity index (χ1v) is 7.94. The molecule has 1 aliphatic rings. The first-order chi connectivity index (χ1) is 9.59. The van der Waals surface area contributed by atoms with Crippen LogP contribution in [0.4, 0.5) is 11.8 Å². The lowest BCUT2D eigenvalue weighted by molar-refractivity contribution is 0.325. The van der Waals surface area contributed by atoms with Crippen molar-refractivity contribution < 1.29 is 0 Å². The molecule has 0 atom stereocenters. The van der Waals surface area contributed by atoms with E-state index in [4.69, 9.17) is 5.84 Å². The van der Waals surface area contributed by atoms with Gasteiger partial charge in [0.25, 0.3) is 0 Å². The predicted octanol–water partition coefficient (Wildman–Crippen LogP) is 2.99. The number of rotatable bonds is 2. The van der Waals surface area contributed by atoms with Gasteiger partial charge in [0.05, 0.1) is 10.2 Å². The van der Waals surface area contributed by atoms with Crippen molar-refractivity contribution in [3.63, 3.8) is 0 Å². The van der Waals surface area contributed by atoms with E-state index in [0.29, 0.717) is 11.4 Å². The van der Waals surface area contributed by atoms with Crippen LogP contribution in [0.2, 0.25) is 0 Å². The van der Waals surface area contributed by atoms with Gasteiger partial charge in [0.15, 0.2) is 5.82 Å². The van der Waals surface area contributed by atoms with Crippen molar-refractivity contribution >= 4 is 33.3 Å². The van der Waals surface area contributed by atoms with Crippen molar-refractivity contribution in [2.24, 2.45) is 11.3 Å². The molecule has 0 bridgehead atoms. The third-order valence-electron chi connectivity index (χ3n) is 4.05. The van der Waals surface area contributed by atoms with Crippen LogP contribution in [0.3, 0.4) is 0 Å². The molecule has 0 amide bonds. The normalized spacial score (nSPS) is 19.1. The van der Waals surface area contributed by atoms with Gasteiger partial charge in [-0.15, -0.1) is 11.3 Å². The van der Waals surface area contributed by atoms with Crippen LogP contribution in [0.15, 0.2) is 11.4 Å². The van der Waals surface area contributed by atoms with Gasteiger partial charge in [-0.2, -0.15) is 4.98 Å². The van der Waals surface area contributed by atoms with E-state index in [0.717, 1.165) is 29.1 Å². The zero-order valence-electron chi connectivity index (χ0n) is 12.0. The Morgan fingerprint density at radius 2 is 2.15 bits per heavy atom. The standard InChI is InChI=1S/C14H21N5S/c1-14(2)5-3-7-19(8-6-14)12-11-10(4-9-20-11)16-13(17-12)18-15/h4,9H,3,5-8,15H2,1-2H3,(H,16,17,18). The van der Waals surface area contributed by atoms with Crippen LogP contribution in [0.5, 0.6) is 0 Å². The molecule has 0 aromatic carbocycles. The Balaban J connectivity index is 1.98. The maximum atomic E-state index is 5.49. The van der Waals surface area contributed by atoms with Gasteiger partial charge in [0.1, 0.15) is 0 Å². The second-order valence-electron chi connectivity index (χ2n) is 6.15. The van der Waals surface area contributed by atoms with Crippen molar-refractivity contribution in [1.29, 1.82) is 0 Å². The fraction of sp³-hybridized carbons (Fsp3) is 0.571. The third-order valence-corrected chi connectivity index (χ3v) is 4.95. The van der Waals surface area contributed by atoms with Crippen molar-refractivity contribution in [2.75, 3.05) is 23.4 Å². The molecule has 1 aliphatic heterocycles. The molecule has 2 aromatic heterocycles. The molecule has 0 spiro atoms. The fourth-order valence-electron chi connectivity index (χ4n) is 2.76. The maximum Gasteiger partial charge on any atom is 0.239 e. The summed E-state index contributed by atoms with van der Waals surface area (Å²) in [7, 11) is 0. The van der Waals surface area contributed by atoms with Crippen molar-refractivity contribution in [2.45, 2.75) is 33.1 Å². The van der Waals surface area contributed by atoms with Crippen LogP contribution in [0, 0.1) is 5.41 Å². The SMILES string of the molecule is CC1(C)CCCN(c2nc(NN)nc3ccsc23)CC1. The Kier molecular flexibility index (Phi) is 3.52. The number of nitrogens with zero attached hydrogens (tertiary/aromatic N) is 3. The summed E-state index contributed by atoms with van der Waals surface area (Å²) in [6.07, 6.45) is 3.66. The molecule has 6 heteroatoms. The van der Waals surface area contributed by atoms with Gasteiger partial charge in [0, 0.05) is 13.1 Å². The molecule has 2 aromatic rings. The molecule has 5 nitrogen and oxygen atoms in total. The Hall–Kier alpha value is -1.40. The summed E-state index contributed by atoms with van der Waals surface area (Å²) in [6.45, 7) is 6.80. The average molecular weight is 291 g/mol. The molecule has 0 unspecified atom stereocenters. The molecule has 1 fully saturated rings. The number of anilines is 2. The number of hydrogen-bond acceptors (Lipinski definition) is 6. The van der Waals surface area contributed by atoms with Gasteiger partial charge in [0.2, 0.25) is 5.95 Å². The number of hydrazine groups is 1. The van der Waals surface area contributed by atoms with Gasteiger partial charge >= 0.3 is 0 Å². The minimum atomic E-state index is 0.422. The first kappa shape index (κ1) is 13.6. The summed E-state index contributed by atoms with van der Waals surface area (Å²) in [4.78, 5) is 11.4. The van der Waals surface area contributed by atoms with Crippen LogP contribution in [0.1, 0.15) is 33.1 Å². The Labute approximate surface area is 123 Å². The number of fused-ring (bicyclic) bond motifs is 1. The van der Waals surface area contributed by atoms with E-state index in [9.17, 15) is 0 Å². The van der Waals surface area contributed by atoms with Crippen molar-refractivity contribution in [3.05, 3.63) is 11.4 Å². The number of aromatic nitrogens is 2. The van der Waals surface area contributed by atoms with E-state index in [1.54, 1.807) is 11.3 Å². The molecule has 1 saturated heterocycles. The van der Waals surface area contributed by atoms with Crippen LogP contribution in [0.25, 0.3) is 10.2 Å². The molecular weight excluding hydrogens is 270 g/mol. The van der Waals surface area contributed by atoms with Crippen LogP contribution in [-0.4, -0.2) is 23.1 Å². The lowest BCUT2D eigenvalue weighted by Crippen LogP contribution is -2.26. The molecule has 20 heavy (non-hydrogen) atoms. The quantitative estimate of drug-likeness (QED) is 0.657. The molecule has 3 rings (SSSR count). The van der Waals surface area contributed by atoms with Gasteiger partial charge < -0.3 is 4.90 Å². The highest BCUT2D eigenvalue weighted by Gasteiger charge is 2.25. The second kappa shape index (κ2) is 5.18. The van der Waals surface area contributed by atoms with Gasteiger partial charge in [-0.3, -0.25) is 5.43 Å². The van der Waals surface area contributed by atoms with E-state index in [-0.39, 0.29) is 0 Å². The molecule has 0 radical (unpaired) electrons. The summed E-state index contributed by atoms with van der Waals surface area (Å²) < 4.78 is 1.16. The first-order valence-electron chi connectivity index (χ1n) is 7.06. The van der Waals surface area contributed by atoms with E-state index in [1.165, 1.54) is 19.3 Å². The Morgan fingerprint density at radius 3 is 2.95 bits per heavy atom. The number of thiophene rings is 1. The number of nitrogens with one attached hydrogen (secondary N) is 1. The third kappa shape index (κ3) is 2.58. The van der Waals surface area contributed by atoms with Crippen LogP contribution in [-0.2, 0) is 0 Å². The smallest absolute Gasteiger partial charge is 0.239 e. The zero-order valence-corrected chi connectivity index (χ0v) is 12.8. The summed E-state index contributed by atoms with van der Waals surface area (Å²) in [6, 6.07) is 2.02. The lowest BCUT2D eigenvalue weighted by atomic mass is 9.85. The minimum Gasteiger partial charge on any atom is -0.355 e. The van der Waals surface area contributed by atoms with Gasteiger partial charge in [-0.1, -0.05) is 13.8 Å². The van der Waals surface area contributed by atoms with Crippen molar-refractivity contribution in [3.8, 4) is 0 Å². The van der Waals surface area contributed by atoms with E-state index in [2.05, 4.69) is 39.5 Å². The zero-order chi connectivity index (χ0) is 14.2. The monoisotopic (exact) mass is 291 g/mol. The summed E-state index contributed by atoms with van der Waals surface area (Å²) in [5.74, 6) is 7.01. The summed E-state index contributed by atoms with van der Waals surface area (Å²) >= 11 is 1.70. The highest BCUT2D eigenvalue weighted by molar-refractivity contribution is 7.17. The molecule has 3 heterocycles. The van der Waals surface area contributed by atoms with E-state index >= 15 is 0 Å². The Bertz CT molecular complexity index is 607. The molecule has 0 aliphatic carbocycles. The predicted molar refractivity (Wildman–Crippen MR) is 85.1 cm³/mol. The van der Waals surface area contributed by atoms with Crippen molar-refractivity contribution in [1.82, 2.24) is 9.97 Å². The summed E-state index contributed by atoms with van der Waals surface area (Å²) in [5, 5.41) is 2.06. The topological polar surface area (TPSA) is 67.1 Å². The number of hydrogen-bond donors (Lipinski definition) is 2. The lowest BCUT2D eigenvalue weighted by Gasteiger charge is -2.24. The summed E-state index contributed by atoms with van der Waals surface area (Å²) in [5.41, 5.74) is 3.97. The van der Waals surface area contributed by atoms with E-state index < -0.39 is 0 Å². The number of nitrogens with two attached hydrogens (primary N) is 1. The minimum absolute atomic E-state index is 0.422. The highest BCUT2D eigenvalue weighted by atomic mass is 32.1. The highest BCUT2D eigenvalue weighted by Crippen LogP contribution is 2.35. The molecule has 0 saturated carbocycles. The Morgan fingerprint density at radius 1 is 1.30 bits per heavy atom. The van der Waals surface area contributed by atoms with Gasteiger partial charge in [-0.05, 0) is 36.1 Å². The molecular formula is C14H21N5S. The second-order valence-corrected chi connectivity index (χ2v) is 7.07. The maximum absolute atomic E-state index is 5.49. The average Bonchev–Trinajstić information content (AvgIpc) is 2.82. The van der Waals surface area contributed by atoms with E-state index in [1.807, 2.05) is 6.07 Å². The largest absolute Gasteiger partial charge is 0.355 e. The molecule has 3 N–H and O–H groups in total.